The minimum absolute atomic E-state index is 1.31. The van der Waals surface area contributed by atoms with E-state index in [2.05, 4.69) is 48.0 Å². The van der Waals surface area contributed by atoms with E-state index in [-0.39, 0.29) is 0 Å². The normalized spacial score (nSPS) is 12.2. The summed E-state index contributed by atoms with van der Waals surface area (Å²) in [5.41, 5.74) is 1.74. The molecule has 0 spiro atoms. The predicted octanol–water partition coefficient (Wildman–Crippen LogP) is 12.8. The van der Waals surface area contributed by atoms with E-state index < -0.39 is 0 Å². The van der Waals surface area contributed by atoms with Gasteiger partial charge in [0.05, 0.1) is 23.5 Å². The average molecular weight is 533 g/mol. The molecule has 0 saturated heterocycles. The second kappa shape index (κ2) is 14.4. The summed E-state index contributed by atoms with van der Waals surface area (Å²) in [6.45, 7) is 4.62. The van der Waals surface area contributed by atoms with Gasteiger partial charge in [-0.15, -0.1) is 45.3 Å². The SMILES string of the molecule is CCCCCCCCCCc1sc2c(sc3c4sccc4sc23)c1CCCCCCCCCC. The topological polar surface area (TPSA) is 0 Å². The molecule has 0 N–H and O–H groups in total. The van der Waals surface area contributed by atoms with Crippen molar-refractivity contribution >= 4 is 73.5 Å². The Morgan fingerprint density at radius 1 is 0.500 bits per heavy atom. The number of fused-ring (bicyclic) bond motifs is 5. The minimum atomic E-state index is 1.31. The van der Waals surface area contributed by atoms with Gasteiger partial charge in [-0.2, -0.15) is 0 Å². The molecule has 34 heavy (non-hydrogen) atoms. The summed E-state index contributed by atoms with van der Waals surface area (Å²) in [6.07, 6.45) is 25.3. The highest BCUT2D eigenvalue weighted by molar-refractivity contribution is 7.44. The van der Waals surface area contributed by atoms with Crippen LogP contribution in [0.4, 0.5) is 0 Å². The summed E-state index contributed by atoms with van der Waals surface area (Å²) < 4.78 is 9.47. The van der Waals surface area contributed by atoms with E-state index in [0.717, 1.165) is 0 Å². The Morgan fingerprint density at radius 3 is 1.68 bits per heavy atom. The Kier molecular flexibility index (Phi) is 11.2. The molecule has 0 bridgehead atoms. The Labute approximate surface area is 223 Å². The lowest BCUT2D eigenvalue weighted by Gasteiger charge is -2.06. The zero-order chi connectivity index (χ0) is 23.6. The first-order valence-corrected chi connectivity index (χ1v) is 17.5. The molecule has 0 fully saturated rings. The fraction of sp³-hybridized carbons (Fsp3) is 0.667. The highest BCUT2D eigenvalue weighted by Crippen LogP contribution is 2.50. The van der Waals surface area contributed by atoms with Gasteiger partial charge in [0.15, 0.2) is 0 Å². The largest absolute Gasteiger partial charge is 0.141 e. The molecule has 4 heteroatoms. The molecule has 0 unspecified atom stereocenters. The quantitative estimate of drug-likeness (QED) is 0.112. The molecule has 0 saturated carbocycles. The second-order valence-electron chi connectivity index (χ2n) is 10.1. The fourth-order valence-electron chi connectivity index (χ4n) is 5.21. The highest BCUT2D eigenvalue weighted by atomic mass is 32.1. The molecule has 4 aromatic heterocycles. The first-order chi connectivity index (χ1) is 16.8. The molecular weight excluding hydrogens is 489 g/mol. The van der Waals surface area contributed by atoms with Crippen LogP contribution >= 0.6 is 45.3 Å². The summed E-state index contributed by atoms with van der Waals surface area (Å²) in [5.74, 6) is 0. The zero-order valence-corrected chi connectivity index (χ0v) is 24.8. The molecule has 0 nitrogen and oxygen atoms in total. The number of hydrogen-bond acceptors (Lipinski definition) is 4. The van der Waals surface area contributed by atoms with Gasteiger partial charge in [-0.05, 0) is 42.7 Å². The van der Waals surface area contributed by atoms with Crippen LogP contribution in [0, 0.1) is 0 Å². The Balaban J connectivity index is 1.37. The lowest BCUT2D eigenvalue weighted by Crippen LogP contribution is -1.91. The molecule has 4 heterocycles. The van der Waals surface area contributed by atoms with Gasteiger partial charge in [0.1, 0.15) is 0 Å². The first-order valence-electron chi connectivity index (χ1n) is 14.2. The third kappa shape index (κ3) is 6.87. The van der Waals surface area contributed by atoms with Crippen molar-refractivity contribution in [2.45, 2.75) is 129 Å². The van der Waals surface area contributed by atoms with Crippen LogP contribution in [-0.4, -0.2) is 0 Å². The van der Waals surface area contributed by atoms with Crippen LogP contribution in [-0.2, 0) is 12.8 Å². The molecule has 0 aliphatic carbocycles. The van der Waals surface area contributed by atoms with Crippen LogP contribution in [0.3, 0.4) is 0 Å². The van der Waals surface area contributed by atoms with Gasteiger partial charge in [0, 0.05) is 9.58 Å². The standard InChI is InChI=1S/C30H44S4/c1-3-5-7-9-11-13-15-17-19-23-24(20-18-16-14-12-10-8-6-4-2)32-28-26(23)34-29-27-25(21-22-31-27)33-30(28)29/h21-22H,3-20H2,1-2H3. The maximum atomic E-state index is 2.32. The van der Waals surface area contributed by atoms with E-state index in [0.29, 0.717) is 0 Å². The van der Waals surface area contributed by atoms with Gasteiger partial charge in [-0.1, -0.05) is 104 Å². The molecule has 0 amide bonds. The molecular formula is C30H44S4. The van der Waals surface area contributed by atoms with E-state index in [1.165, 1.54) is 125 Å². The van der Waals surface area contributed by atoms with Crippen molar-refractivity contribution < 1.29 is 0 Å². The van der Waals surface area contributed by atoms with Crippen molar-refractivity contribution in [1.29, 1.82) is 0 Å². The van der Waals surface area contributed by atoms with Crippen LogP contribution in [0.15, 0.2) is 11.4 Å². The van der Waals surface area contributed by atoms with E-state index in [9.17, 15) is 0 Å². The smallest absolute Gasteiger partial charge is 0.0650 e. The Hall–Kier alpha value is -0.420. The lowest BCUT2D eigenvalue weighted by atomic mass is 10.0. The lowest BCUT2D eigenvalue weighted by molar-refractivity contribution is 0.572. The molecule has 0 atom stereocenters. The van der Waals surface area contributed by atoms with Gasteiger partial charge in [-0.3, -0.25) is 0 Å². The molecule has 4 aromatic rings. The zero-order valence-electron chi connectivity index (χ0n) is 21.5. The Bertz CT molecular complexity index is 1110. The maximum Gasteiger partial charge on any atom is 0.0650 e. The average Bonchev–Trinajstić information content (AvgIpc) is 3.58. The summed E-state index contributed by atoms with van der Waals surface area (Å²) >= 11 is 8.25. The first kappa shape index (κ1) is 26.6. The van der Waals surface area contributed by atoms with Crippen LogP contribution in [0.2, 0.25) is 0 Å². The van der Waals surface area contributed by atoms with Crippen molar-refractivity contribution in [3.8, 4) is 0 Å². The number of unbranched alkanes of at least 4 members (excludes halogenated alkanes) is 14. The van der Waals surface area contributed by atoms with Crippen molar-refractivity contribution in [3.63, 3.8) is 0 Å². The maximum absolute atomic E-state index is 2.32. The van der Waals surface area contributed by atoms with Crippen molar-refractivity contribution in [2.75, 3.05) is 0 Å². The molecule has 0 aliphatic heterocycles. The number of rotatable bonds is 18. The fourth-order valence-corrected chi connectivity index (χ4v) is 11.0. The minimum Gasteiger partial charge on any atom is -0.141 e. The summed E-state index contributed by atoms with van der Waals surface area (Å²) in [6, 6.07) is 2.32. The summed E-state index contributed by atoms with van der Waals surface area (Å²) in [5, 5.41) is 2.27. The van der Waals surface area contributed by atoms with Crippen molar-refractivity contribution in [1.82, 2.24) is 0 Å². The number of thiophene rings is 4. The third-order valence-electron chi connectivity index (χ3n) is 7.24. The number of aryl methyl sites for hydroxylation is 2. The van der Waals surface area contributed by atoms with Crippen LogP contribution < -0.4 is 0 Å². The monoisotopic (exact) mass is 532 g/mol. The molecule has 188 valence electrons. The number of hydrogen-bond donors (Lipinski definition) is 0. The van der Waals surface area contributed by atoms with E-state index in [4.69, 9.17) is 0 Å². The highest BCUT2D eigenvalue weighted by Gasteiger charge is 2.20. The molecule has 4 rings (SSSR count). The van der Waals surface area contributed by atoms with E-state index in [1.807, 2.05) is 22.7 Å². The van der Waals surface area contributed by atoms with Gasteiger partial charge >= 0.3 is 0 Å². The van der Waals surface area contributed by atoms with Gasteiger partial charge in [-0.25, -0.2) is 0 Å². The van der Waals surface area contributed by atoms with E-state index in [1.54, 1.807) is 29.2 Å². The molecule has 0 aromatic carbocycles. The van der Waals surface area contributed by atoms with Crippen molar-refractivity contribution in [2.24, 2.45) is 0 Å². The summed E-state index contributed by atoms with van der Waals surface area (Å²) in [7, 11) is 0. The third-order valence-corrected chi connectivity index (χ3v) is 12.6. The van der Waals surface area contributed by atoms with Gasteiger partial charge < -0.3 is 0 Å². The molecule has 0 radical (unpaired) electrons. The van der Waals surface area contributed by atoms with E-state index >= 15 is 0 Å². The summed E-state index contributed by atoms with van der Waals surface area (Å²) in [4.78, 5) is 1.73. The Morgan fingerprint density at radius 2 is 1.03 bits per heavy atom. The van der Waals surface area contributed by atoms with Gasteiger partial charge in [0.2, 0.25) is 0 Å². The van der Waals surface area contributed by atoms with Crippen LogP contribution in [0.5, 0.6) is 0 Å². The van der Waals surface area contributed by atoms with Gasteiger partial charge in [0.25, 0.3) is 0 Å². The predicted molar refractivity (Wildman–Crippen MR) is 163 cm³/mol. The van der Waals surface area contributed by atoms with Crippen LogP contribution in [0.25, 0.3) is 28.2 Å². The second-order valence-corrected chi connectivity index (χ2v) is 14.2. The van der Waals surface area contributed by atoms with Crippen LogP contribution in [0.1, 0.15) is 127 Å². The van der Waals surface area contributed by atoms with Crippen molar-refractivity contribution in [3.05, 3.63) is 21.9 Å². The molecule has 0 aliphatic rings.